The Morgan fingerprint density at radius 2 is 2.00 bits per heavy atom. The second-order valence-corrected chi connectivity index (χ2v) is 6.62. The predicted molar refractivity (Wildman–Crippen MR) is 68.1 cm³/mol. The number of carbonyl (C=O) groups excluding carboxylic acids is 1. The Hall–Kier alpha value is -0.630. The van der Waals surface area contributed by atoms with Crippen LogP contribution in [0, 0.1) is 0 Å². The van der Waals surface area contributed by atoms with Crippen molar-refractivity contribution >= 4 is 17.9 Å². The maximum Gasteiger partial charge on any atom is 0.410 e. The summed E-state index contributed by atoms with van der Waals surface area (Å²) in [4.78, 5) is 13.0. The zero-order valence-corrected chi connectivity index (χ0v) is 12.0. The Balaban J connectivity index is 2.78. The van der Waals surface area contributed by atoms with Crippen LogP contribution in [0.1, 0.15) is 20.8 Å². The Labute approximate surface area is 114 Å². The molecular weight excluding hydrogens is 281 g/mol. The largest absolute Gasteiger partial charge is 0.444 e. The van der Waals surface area contributed by atoms with Crippen molar-refractivity contribution in [2.75, 3.05) is 18.8 Å². The summed E-state index contributed by atoms with van der Waals surface area (Å²) in [6, 6.07) is -0.418. The first-order valence-corrected chi connectivity index (χ1v) is 6.97. The van der Waals surface area contributed by atoms with Crippen LogP contribution < -0.4 is 5.73 Å². The predicted octanol–water partition coefficient (Wildman–Crippen LogP) is 2.23. The quantitative estimate of drug-likeness (QED) is 0.807. The molecule has 2 atom stereocenters. The minimum atomic E-state index is -4.33. The lowest BCUT2D eigenvalue weighted by atomic mass is 10.2. The lowest BCUT2D eigenvalue weighted by Crippen LogP contribution is -2.56. The summed E-state index contributed by atoms with van der Waals surface area (Å²) in [5.41, 5.74) is 4.76. The van der Waals surface area contributed by atoms with Crippen LogP contribution in [0.2, 0.25) is 0 Å². The molecule has 1 fully saturated rings. The smallest absolute Gasteiger partial charge is 0.410 e. The molecule has 1 aliphatic heterocycles. The molecule has 0 saturated carbocycles. The fourth-order valence-corrected chi connectivity index (χ4v) is 2.86. The van der Waals surface area contributed by atoms with Crippen molar-refractivity contribution in [1.29, 1.82) is 0 Å². The second kappa shape index (κ2) is 5.78. The molecule has 0 bridgehead atoms. The van der Waals surface area contributed by atoms with Gasteiger partial charge >= 0.3 is 12.3 Å². The van der Waals surface area contributed by atoms with Gasteiger partial charge in [-0.05, 0) is 20.8 Å². The van der Waals surface area contributed by atoms with E-state index in [4.69, 9.17) is 10.5 Å². The SMILES string of the molecule is CC(C)(C)OC(=O)N1CC(C(F)(F)F)SC[C@H]1CN. The minimum absolute atomic E-state index is 0.122. The van der Waals surface area contributed by atoms with E-state index in [-0.39, 0.29) is 12.3 Å². The van der Waals surface area contributed by atoms with Gasteiger partial charge in [0.05, 0.1) is 6.04 Å². The summed E-state index contributed by atoms with van der Waals surface area (Å²) < 4.78 is 43.3. The van der Waals surface area contributed by atoms with Crippen LogP contribution in [0.3, 0.4) is 0 Å². The van der Waals surface area contributed by atoms with E-state index in [9.17, 15) is 18.0 Å². The van der Waals surface area contributed by atoms with Gasteiger partial charge in [0.1, 0.15) is 10.9 Å². The molecule has 0 aromatic carbocycles. The van der Waals surface area contributed by atoms with Crippen LogP contribution >= 0.6 is 11.8 Å². The van der Waals surface area contributed by atoms with E-state index >= 15 is 0 Å². The summed E-state index contributed by atoms with van der Waals surface area (Å²) in [6.45, 7) is 4.72. The fourth-order valence-electron chi connectivity index (χ4n) is 1.64. The van der Waals surface area contributed by atoms with Crippen molar-refractivity contribution in [3.63, 3.8) is 0 Å². The monoisotopic (exact) mass is 300 g/mol. The van der Waals surface area contributed by atoms with Gasteiger partial charge in [-0.3, -0.25) is 0 Å². The van der Waals surface area contributed by atoms with Gasteiger partial charge in [-0.2, -0.15) is 13.2 Å². The maximum absolute atomic E-state index is 12.7. The molecule has 1 saturated heterocycles. The fraction of sp³-hybridized carbons (Fsp3) is 0.909. The van der Waals surface area contributed by atoms with Crippen LogP contribution in [-0.4, -0.2) is 52.9 Å². The number of thioether (sulfide) groups is 1. The average molecular weight is 300 g/mol. The van der Waals surface area contributed by atoms with E-state index in [0.29, 0.717) is 0 Å². The lowest BCUT2D eigenvalue weighted by molar-refractivity contribution is -0.133. The highest BCUT2D eigenvalue weighted by Crippen LogP contribution is 2.35. The van der Waals surface area contributed by atoms with Crippen LogP contribution in [0.5, 0.6) is 0 Å². The minimum Gasteiger partial charge on any atom is -0.444 e. The highest BCUT2D eigenvalue weighted by Gasteiger charge is 2.46. The molecule has 0 aliphatic carbocycles. The number of rotatable bonds is 1. The standard InChI is InChI=1S/C11H19F3N2O2S/c1-10(2,3)18-9(17)16-5-8(11(12,13)14)19-6-7(16)4-15/h7-8H,4-6,15H2,1-3H3/t7-,8?/m1/s1. The molecule has 1 amide bonds. The molecular formula is C11H19F3N2O2S. The van der Waals surface area contributed by atoms with E-state index in [1.54, 1.807) is 20.8 Å². The molecule has 0 aromatic rings. The van der Waals surface area contributed by atoms with Crippen molar-refractivity contribution in [3.05, 3.63) is 0 Å². The molecule has 0 spiro atoms. The third-order valence-electron chi connectivity index (χ3n) is 2.56. The molecule has 0 aromatic heterocycles. The zero-order chi connectivity index (χ0) is 14.8. The summed E-state index contributed by atoms with van der Waals surface area (Å²) in [6.07, 6.45) is -5.07. The van der Waals surface area contributed by atoms with Crippen molar-refractivity contribution < 1.29 is 22.7 Å². The molecule has 8 heteroatoms. The molecule has 1 aliphatic rings. The number of ether oxygens (including phenoxy) is 1. The van der Waals surface area contributed by atoms with E-state index in [0.717, 1.165) is 16.7 Å². The Morgan fingerprint density at radius 3 is 2.42 bits per heavy atom. The molecule has 1 rings (SSSR count). The van der Waals surface area contributed by atoms with E-state index in [1.807, 2.05) is 0 Å². The number of hydrogen-bond acceptors (Lipinski definition) is 4. The van der Waals surface area contributed by atoms with Gasteiger partial charge in [0.15, 0.2) is 0 Å². The van der Waals surface area contributed by atoms with Crippen LogP contribution in [-0.2, 0) is 4.74 Å². The average Bonchev–Trinajstić information content (AvgIpc) is 2.24. The molecule has 4 nitrogen and oxygen atoms in total. The summed E-state index contributed by atoms with van der Waals surface area (Å²) >= 11 is 0.788. The van der Waals surface area contributed by atoms with Crippen molar-refractivity contribution in [3.8, 4) is 0 Å². The van der Waals surface area contributed by atoms with Gasteiger partial charge in [-0.15, -0.1) is 11.8 Å². The first-order valence-electron chi connectivity index (χ1n) is 5.92. The Kier molecular flexibility index (Phi) is 5.00. The molecule has 2 N–H and O–H groups in total. The summed E-state index contributed by atoms with van der Waals surface area (Å²) in [5.74, 6) is 0.167. The number of alkyl halides is 3. The first kappa shape index (κ1) is 16.4. The zero-order valence-electron chi connectivity index (χ0n) is 11.2. The first-order chi connectivity index (χ1) is 8.54. The Bertz CT molecular complexity index is 331. The van der Waals surface area contributed by atoms with Gasteiger partial charge < -0.3 is 15.4 Å². The number of amides is 1. The number of carbonyl (C=O) groups is 1. The highest BCUT2D eigenvalue weighted by molar-refractivity contribution is 8.00. The Morgan fingerprint density at radius 1 is 1.42 bits per heavy atom. The van der Waals surface area contributed by atoms with E-state index in [2.05, 4.69) is 0 Å². The summed E-state index contributed by atoms with van der Waals surface area (Å²) in [5, 5.41) is -1.58. The second-order valence-electron chi connectivity index (χ2n) is 5.39. The van der Waals surface area contributed by atoms with Crippen LogP contribution in [0.25, 0.3) is 0 Å². The number of nitrogens with two attached hydrogens (primary N) is 1. The molecule has 0 radical (unpaired) electrons. The number of halogens is 3. The van der Waals surface area contributed by atoms with Gasteiger partial charge in [-0.1, -0.05) is 0 Å². The van der Waals surface area contributed by atoms with Gasteiger partial charge in [0, 0.05) is 18.8 Å². The topological polar surface area (TPSA) is 55.6 Å². The molecule has 112 valence electrons. The van der Waals surface area contributed by atoms with Gasteiger partial charge in [-0.25, -0.2) is 4.79 Å². The highest BCUT2D eigenvalue weighted by atomic mass is 32.2. The van der Waals surface area contributed by atoms with Gasteiger partial charge in [0.25, 0.3) is 0 Å². The van der Waals surface area contributed by atoms with Crippen LogP contribution in [0.15, 0.2) is 0 Å². The van der Waals surface area contributed by atoms with Gasteiger partial charge in [0.2, 0.25) is 0 Å². The molecule has 19 heavy (non-hydrogen) atoms. The maximum atomic E-state index is 12.7. The third kappa shape index (κ3) is 4.76. The molecule has 1 heterocycles. The van der Waals surface area contributed by atoms with Crippen molar-refractivity contribution in [1.82, 2.24) is 4.90 Å². The van der Waals surface area contributed by atoms with E-state index < -0.39 is 35.7 Å². The molecule has 1 unspecified atom stereocenters. The normalized spacial score (nSPS) is 25.3. The lowest BCUT2D eigenvalue weighted by Gasteiger charge is -2.39. The third-order valence-corrected chi connectivity index (χ3v) is 3.95. The van der Waals surface area contributed by atoms with Crippen LogP contribution in [0.4, 0.5) is 18.0 Å². The van der Waals surface area contributed by atoms with Crippen molar-refractivity contribution in [2.24, 2.45) is 5.73 Å². The summed E-state index contributed by atoms with van der Waals surface area (Å²) in [7, 11) is 0. The van der Waals surface area contributed by atoms with Crippen molar-refractivity contribution in [2.45, 2.75) is 43.8 Å². The van der Waals surface area contributed by atoms with E-state index in [1.165, 1.54) is 0 Å². The number of hydrogen-bond donors (Lipinski definition) is 1. The number of nitrogens with zero attached hydrogens (tertiary/aromatic N) is 1.